The minimum atomic E-state index is 1.11. The number of alkyl halides is 1. The Kier molecular flexibility index (Phi) is 4.84. The maximum absolute atomic E-state index is 3.73. The van der Waals surface area contributed by atoms with Crippen LogP contribution in [0.5, 0.6) is 0 Å². The van der Waals surface area contributed by atoms with Crippen molar-refractivity contribution in [3.8, 4) is 0 Å². The van der Waals surface area contributed by atoms with E-state index in [1.807, 2.05) is 6.08 Å². The number of halogens is 1. The fourth-order valence-electron chi connectivity index (χ4n) is 1.24. The van der Waals surface area contributed by atoms with Gasteiger partial charge in [0.25, 0.3) is 0 Å². The van der Waals surface area contributed by atoms with Gasteiger partial charge in [-0.15, -0.1) is 0 Å². The normalized spacial score (nSPS) is 9.92. The molecule has 0 aliphatic rings. The van der Waals surface area contributed by atoms with E-state index in [9.17, 15) is 0 Å². The van der Waals surface area contributed by atoms with Crippen LogP contribution < -0.4 is 0 Å². The van der Waals surface area contributed by atoms with Crippen molar-refractivity contribution < 1.29 is 0 Å². The largest absolute Gasteiger partial charge is 0.0985 e. The fourth-order valence-corrected chi connectivity index (χ4v) is 1.64. The van der Waals surface area contributed by atoms with Crippen molar-refractivity contribution in [2.45, 2.75) is 19.3 Å². The van der Waals surface area contributed by atoms with Gasteiger partial charge in [0, 0.05) is 5.33 Å². The first-order valence-electron chi connectivity index (χ1n) is 4.64. The van der Waals surface area contributed by atoms with Gasteiger partial charge < -0.3 is 0 Å². The van der Waals surface area contributed by atoms with Gasteiger partial charge >= 0.3 is 0 Å². The molecule has 13 heavy (non-hydrogen) atoms. The molecule has 0 unspecified atom stereocenters. The Morgan fingerprint density at radius 1 is 1.15 bits per heavy atom. The zero-order valence-electron chi connectivity index (χ0n) is 7.80. The highest BCUT2D eigenvalue weighted by atomic mass is 79.9. The van der Waals surface area contributed by atoms with E-state index in [-0.39, 0.29) is 0 Å². The van der Waals surface area contributed by atoms with Crippen LogP contribution in [0.3, 0.4) is 0 Å². The summed E-state index contributed by atoms with van der Waals surface area (Å²) in [5, 5.41) is 1.11. The van der Waals surface area contributed by atoms with E-state index in [4.69, 9.17) is 0 Å². The molecular weight excluding hydrogens is 224 g/mol. The second-order valence-electron chi connectivity index (χ2n) is 3.09. The van der Waals surface area contributed by atoms with E-state index in [0.717, 1.165) is 5.33 Å². The molecule has 0 saturated heterocycles. The molecule has 0 heterocycles. The zero-order valence-corrected chi connectivity index (χ0v) is 9.39. The Labute approximate surface area is 88.8 Å². The maximum atomic E-state index is 3.73. The molecule has 1 aromatic carbocycles. The van der Waals surface area contributed by atoms with Crippen LogP contribution in [0.2, 0.25) is 0 Å². The predicted octanol–water partition coefficient (Wildman–Crippen LogP) is 4.05. The molecule has 0 atom stereocenters. The molecule has 70 valence electrons. The Bertz CT molecular complexity index is 248. The molecule has 0 aromatic heterocycles. The molecule has 0 fully saturated rings. The molecular formula is C12H15Br. The third kappa shape index (κ3) is 3.77. The maximum Gasteiger partial charge on any atom is 0.00314 e. The summed E-state index contributed by atoms with van der Waals surface area (Å²) in [5.41, 5.74) is 2.62. The molecule has 0 aliphatic heterocycles. The van der Waals surface area contributed by atoms with Crippen molar-refractivity contribution in [3.05, 3.63) is 42.0 Å². The molecule has 0 N–H and O–H groups in total. The molecule has 1 rings (SSSR count). The lowest BCUT2D eigenvalue weighted by Crippen LogP contribution is -1.85. The van der Waals surface area contributed by atoms with Gasteiger partial charge in [0.2, 0.25) is 0 Å². The predicted molar refractivity (Wildman–Crippen MR) is 63.3 cm³/mol. The lowest BCUT2D eigenvalue weighted by Gasteiger charge is -2.00. The first kappa shape index (κ1) is 10.5. The van der Waals surface area contributed by atoms with Gasteiger partial charge in [0.15, 0.2) is 0 Å². The summed E-state index contributed by atoms with van der Waals surface area (Å²) >= 11 is 3.43. The van der Waals surface area contributed by atoms with Crippen molar-refractivity contribution >= 4 is 22.0 Å². The third-order valence-corrected chi connectivity index (χ3v) is 2.63. The summed E-state index contributed by atoms with van der Waals surface area (Å²) in [5.74, 6) is 0. The van der Waals surface area contributed by atoms with Gasteiger partial charge in [0.05, 0.1) is 0 Å². The number of rotatable bonds is 5. The van der Waals surface area contributed by atoms with Crippen molar-refractivity contribution in [1.29, 1.82) is 0 Å². The van der Waals surface area contributed by atoms with Crippen LogP contribution in [-0.2, 0) is 6.42 Å². The highest BCUT2D eigenvalue weighted by Crippen LogP contribution is 2.09. The molecule has 0 bridgehead atoms. The van der Waals surface area contributed by atoms with E-state index in [1.165, 1.54) is 30.4 Å². The van der Waals surface area contributed by atoms with Gasteiger partial charge in [-0.25, -0.2) is 0 Å². The van der Waals surface area contributed by atoms with Crippen molar-refractivity contribution in [1.82, 2.24) is 0 Å². The first-order chi connectivity index (χ1) is 6.36. The Hall–Kier alpha value is -0.560. The molecule has 0 nitrogen and oxygen atoms in total. The van der Waals surface area contributed by atoms with E-state index < -0.39 is 0 Å². The number of benzene rings is 1. The average Bonchev–Trinajstić information content (AvgIpc) is 2.19. The molecule has 0 spiro atoms. The molecule has 1 heteroatoms. The van der Waals surface area contributed by atoms with E-state index in [1.54, 1.807) is 0 Å². The number of unbranched alkanes of at least 4 members (excludes halogenated alkanes) is 1. The topological polar surface area (TPSA) is 0 Å². The summed E-state index contributed by atoms with van der Waals surface area (Å²) in [6.07, 6.45) is 5.58. The summed E-state index contributed by atoms with van der Waals surface area (Å²) < 4.78 is 0. The monoisotopic (exact) mass is 238 g/mol. The Morgan fingerprint density at radius 3 is 2.38 bits per heavy atom. The summed E-state index contributed by atoms with van der Waals surface area (Å²) in [4.78, 5) is 0. The van der Waals surface area contributed by atoms with E-state index >= 15 is 0 Å². The van der Waals surface area contributed by atoms with Crippen LogP contribution in [0.15, 0.2) is 30.8 Å². The molecule has 1 aromatic rings. The van der Waals surface area contributed by atoms with Crippen LogP contribution in [0, 0.1) is 0 Å². The minimum Gasteiger partial charge on any atom is -0.0985 e. The van der Waals surface area contributed by atoms with Crippen molar-refractivity contribution in [2.24, 2.45) is 0 Å². The van der Waals surface area contributed by atoms with E-state index in [0.29, 0.717) is 0 Å². The van der Waals surface area contributed by atoms with Gasteiger partial charge in [-0.2, -0.15) is 0 Å². The van der Waals surface area contributed by atoms with Gasteiger partial charge in [-0.1, -0.05) is 52.9 Å². The Balaban J connectivity index is 2.44. The second-order valence-corrected chi connectivity index (χ2v) is 3.88. The van der Waals surface area contributed by atoms with Gasteiger partial charge in [0.1, 0.15) is 0 Å². The van der Waals surface area contributed by atoms with Crippen molar-refractivity contribution in [2.75, 3.05) is 5.33 Å². The average molecular weight is 239 g/mol. The molecule has 0 saturated carbocycles. The van der Waals surface area contributed by atoms with Crippen LogP contribution in [0.25, 0.3) is 6.08 Å². The van der Waals surface area contributed by atoms with Crippen LogP contribution in [-0.4, -0.2) is 5.33 Å². The lowest BCUT2D eigenvalue weighted by molar-refractivity contribution is 0.806. The molecule has 0 amide bonds. The fraction of sp³-hybridized carbons (Fsp3) is 0.333. The van der Waals surface area contributed by atoms with Gasteiger partial charge in [-0.3, -0.25) is 0 Å². The number of hydrogen-bond donors (Lipinski definition) is 0. The van der Waals surface area contributed by atoms with Crippen LogP contribution >= 0.6 is 15.9 Å². The zero-order chi connectivity index (χ0) is 9.52. The van der Waals surface area contributed by atoms with Crippen molar-refractivity contribution in [3.63, 3.8) is 0 Å². The van der Waals surface area contributed by atoms with Crippen LogP contribution in [0.1, 0.15) is 24.0 Å². The smallest absolute Gasteiger partial charge is 0.00314 e. The minimum absolute atomic E-state index is 1.11. The second kappa shape index (κ2) is 5.98. The Morgan fingerprint density at radius 2 is 1.85 bits per heavy atom. The van der Waals surface area contributed by atoms with Crippen LogP contribution in [0.4, 0.5) is 0 Å². The number of aryl methyl sites for hydroxylation is 1. The molecule has 0 aliphatic carbocycles. The quantitative estimate of drug-likeness (QED) is 0.537. The SMILES string of the molecule is C=Cc1ccc(CCCCBr)cc1. The third-order valence-electron chi connectivity index (χ3n) is 2.06. The summed E-state index contributed by atoms with van der Waals surface area (Å²) in [6, 6.07) is 8.61. The summed E-state index contributed by atoms with van der Waals surface area (Å²) in [7, 11) is 0. The highest BCUT2D eigenvalue weighted by molar-refractivity contribution is 9.09. The molecule has 0 radical (unpaired) electrons. The van der Waals surface area contributed by atoms with Gasteiger partial charge in [-0.05, 0) is 30.4 Å². The van der Waals surface area contributed by atoms with E-state index in [2.05, 4.69) is 46.8 Å². The first-order valence-corrected chi connectivity index (χ1v) is 5.76. The number of hydrogen-bond acceptors (Lipinski definition) is 0. The summed E-state index contributed by atoms with van der Waals surface area (Å²) in [6.45, 7) is 3.73. The highest BCUT2D eigenvalue weighted by Gasteiger charge is 1.92. The standard InChI is InChI=1S/C12H15Br/c1-2-11-6-8-12(9-7-11)5-3-4-10-13/h2,6-9H,1,3-5,10H2. The lowest BCUT2D eigenvalue weighted by atomic mass is 10.1.